The zero-order valence-corrected chi connectivity index (χ0v) is 9.67. The van der Waals surface area contributed by atoms with E-state index in [0.717, 1.165) is 0 Å². The van der Waals surface area contributed by atoms with Crippen LogP contribution in [0.4, 0.5) is 5.82 Å². The van der Waals surface area contributed by atoms with Gasteiger partial charge in [0.05, 0.1) is 26.4 Å². The molecule has 96 valence electrons. The van der Waals surface area contributed by atoms with Crippen molar-refractivity contribution in [2.24, 2.45) is 0 Å². The molecule has 1 atom stereocenters. The number of ether oxygens (including phenoxy) is 2. The van der Waals surface area contributed by atoms with Crippen LogP contribution in [0.15, 0.2) is 6.07 Å². The first-order valence-electron chi connectivity index (χ1n) is 5.26. The number of nitrogens with zero attached hydrogens (tertiary/aromatic N) is 2. The second-order valence-electron chi connectivity index (χ2n) is 3.44. The number of rotatable bonds is 7. The fraction of sp³-hybridized carbons (Fsp3) is 0.600. The van der Waals surface area contributed by atoms with Gasteiger partial charge in [-0.1, -0.05) is 0 Å². The van der Waals surface area contributed by atoms with E-state index < -0.39 is 6.10 Å². The van der Waals surface area contributed by atoms with Crippen LogP contribution in [-0.4, -0.2) is 46.6 Å². The first-order chi connectivity index (χ1) is 8.15. The summed E-state index contributed by atoms with van der Waals surface area (Å²) in [5.41, 5.74) is 5.52. The van der Waals surface area contributed by atoms with E-state index >= 15 is 0 Å². The van der Waals surface area contributed by atoms with Crippen LogP contribution in [0.5, 0.6) is 11.9 Å². The lowest BCUT2D eigenvalue weighted by atomic mass is 10.2. The van der Waals surface area contributed by atoms with Crippen molar-refractivity contribution in [3.8, 4) is 11.9 Å². The van der Waals surface area contributed by atoms with Crippen molar-refractivity contribution >= 4 is 5.82 Å². The maximum Gasteiger partial charge on any atom is 0.321 e. The molecule has 1 unspecified atom stereocenters. The van der Waals surface area contributed by atoms with Crippen LogP contribution in [0.25, 0.3) is 0 Å². The summed E-state index contributed by atoms with van der Waals surface area (Å²) in [4.78, 5) is 7.75. The van der Waals surface area contributed by atoms with Crippen molar-refractivity contribution in [2.45, 2.75) is 18.9 Å². The molecule has 1 aromatic heterocycles. The zero-order valence-electron chi connectivity index (χ0n) is 9.67. The quantitative estimate of drug-likeness (QED) is 0.558. The molecule has 0 radical (unpaired) electrons. The topological polar surface area (TPSA) is 111 Å². The van der Waals surface area contributed by atoms with Gasteiger partial charge in [0.15, 0.2) is 0 Å². The van der Waals surface area contributed by atoms with E-state index in [1.54, 1.807) is 0 Å². The Balaban J connectivity index is 2.38. The van der Waals surface area contributed by atoms with Crippen LogP contribution in [0.1, 0.15) is 12.8 Å². The molecule has 17 heavy (non-hydrogen) atoms. The number of nitrogen functional groups attached to an aromatic ring is 1. The van der Waals surface area contributed by atoms with Crippen LogP contribution < -0.4 is 15.2 Å². The molecule has 1 aromatic rings. The summed E-state index contributed by atoms with van der Waals surface area (Å²) in [6.07, 6.45) is 0.367. The average Bonchev–Trinajstić information content (AvgIpc) is 2.33. The lowest BCUT2D eigenvalue weighted by molar-refractivity contribution is 0.0825. The summed E-state index contributed by atoms with van der Waals surface area (Å²) < 4.78 is 10.2. The molecule has 0 bridgehead atoms. The fourth-order valence-electron chi connectivity index (χ4n) is 1.17. The van der Waals surface area contributed by atoms with E-state index in [9.17, 15) is 0 Å². The van der Waals surface area contributed by atoms with E-state index in [1.807, 2.05) is 0 Å². The minimum atomic E-state index is -0.705. The number of hydrogen-bond donors (Lipinski definition) is 3. The lowest BCUT2D eigenvalue weighted by Crippen LogP contribution is -2.13. The molecule has 0 aliphatic carbocycles. The van der Waals surface area contributed by atoms with Gasteiger partial charge in [-0.25, -0.2) is 0 Å². The van der Waals surface area contributed by atoms with Gasteiger partial charge in [-0.05, 0) is 12.8 Å². The normalized spacial score (nSPS) is 12.2. The monoisotopic (exact) mass is 243 g/mol. The van der Waals surface area contributed by atoms with Gasteiger partial charge in [-0.15, -0.1) is 0 Å². The standard InChI is InChI=1S/C10H17N3O4/c1-16-10-12-8(11)5-9(13-10)17-4-2-3-7(15)6-14/h5,7,14-15H,2-4,6H2,1H3,(H2,11,12,13). The highest BCUT2D eigenvalue weighted by molar-refractivity contribution is 5.34. The van der Waals surface area contributed by atoms with Gasteiger partial charge in [-0.2, -0.15) is 9.97 Å². The maximum atomic E-state index is 9.11. The minimum Gasteiger partial charge on any atom is -0.477 e. The Morgan fingerprint density at radius 1 is 1.47 bits per heavy atom. The molecule has 0 fully saturated rings. The van der Waals surface area contributed by atoms with Gasteiger partial charge in [0.1, 0.15) is 5.82 Å². The number of anilines is 1. The van der Waals surface area contributed by atoms with Gasteiger partial charge < -0.3 is 25.4 Å². The molecule has 7 nitrogen and oxygen atoms in total. The molecule has 0 amide bonds. The molecule has 0 saturated carbocycles. The Kier molecular flexibility index (Phi) is 5.44. The smallest absolute Gasteiger partial charge is 0.321 e. The van der Waals surface area contributed by atoms with Crippen LogP contribution in [0, 0.1) is 0 Å². The van der Waals surface area contributed by atoms with Crippen molar-refractivity contribution in [1.29, 1.82) is 0 Å². The number of aliphatic hydroxyl groups excluding tert-OH is 2. The van der Waals surface area contributed by atoms with E-state index in [0.29, 0.717) is 25.3 Å². The third-order valence-corrected chi connectivity index (χ3v) is 2.03. The summed E-state index contributed by atoms with van der Waals surface area (Å²) in [6, 6.07) is 1.64. The van der Waals surface area contributed by atoms with Crippen molar-refractivity contribution in [3.63, 3.8) is 0 Å². The van der Waals surface area contributed by atoms with Crippen LogP contribution in [-0.2, 0) is 0 Å². The number of methoxy groups -OCH3 is 1. The van der Waals surface area contributed by atoms with E-state index in [1.165, 1.54) is 13.2 Å². The van der Waals surface area contributed by atoms with E-state index in [-0.39, 0.29) is 18.4 Å². The van der Waals surface area contributed by atoms with Crippen LogP contribution in [0.2, 0.25) is 0 Å². The minimum absolute atomic E-state index is 0.149. The highest BCUT2D eigenvalue weighted by Gasteiger charge is 2.05. The molecule has 0 aliphatic rings. The Bertz CT molecular complexity index is 348. The summed E-state index contributed by atoms with van der Waals surface area (Å²) in [5.74, 6) is 0.593. The molecule has 0 aromatic carbocycles. The zero-order chi connectivity index (χ0) is 12.7. The molecule has 4 N–H and O–H groups in total. The van der Waals surface area contributed by atoms with Gasteiger partial charge in [0, 0.05) is 6.07 Å². The third kappa shape index (κ3) is 4.83. The van der Waals surface area contributed by atoms with E-state index in [2.05, 4.69) is 9.97 Å². The van der Waals surface area contributed by atoms with Crippen molar-refractivity contribution < 1.29 is 19.7 Å². The van der Waals surface area contributed by atoms with Crippen LogP contribution in [0.3, 0.4) is 0 Å². The van der Waals surface area contributed by atoms with Gasteiger partial charge in [0.25, 0.3) is 0 Å². The second kappa shape index (κ2) is 6.87. The summed E-state index contributed by atoms with van der Waals surface area (Å²) in [7, 11) is 1.44. The Morgan fingerprint density at radius 3 is 2.88 bits per heavy atom. The Labute approximate surface area is 99.2 Å². The number of nitrogens with two attached hydrogens (primary N) is 1. The molecule has 1 rings (SSSR count). The average molecular weight is 243 g/mol. The molecular weight excluding hydrogens is 226 g/mol. The molecule has 0 saturated heterocycles. The van der Waals surface area contributed by atoms with Crippen molar-refractivity contribution in [3.05, 3.63) is 6.07 Å². The molecule has 0 aliphatic heterocycles. The number of hydrogen-bond acceptors (Lipinski definition) is 7. The highest BCUT2D eigenvalue weighted by atomic mass is 16.5. The first-order valence-corrected chi connectivity index (χ1v) is 5.26. The third-order valence-electron chi connectivity index (χ3n) is 2.03. The van der Waals surface area contributed by atoms with Gasteiger partial charge >= 0.3 is 6.01 Å². The molecular formula is C10H17N3O4. The Morgan fingerprint density at radius 2 is 2.24 bits per heavy atom. The van der Waals surface area contributed by atoms with Crippen molar-refractivity contribution in [1.82, 2.24) is 9.97 Å². The highest BCUT2D eigenvalue weighted by Crippen LogP contribution is 2.15. The van der Waals surface area contributed by atoms with Crippen LogP contribution >= 0.6 is 0 Å². The summed E-state index contributed by atoms with van der Waals surface area (Å²) in [5, 5.41) is 17.7. The molecule has 1 heterocycles. The first kappa shape index (κ1) is 13.5. The maximum absolute atomic E-state index is 9.11. The predicted octanol–water partition coefficient (Wildman–Crippen LogP) is -0.420. The van der Waals surface area contributed by atoms with Gasteiger partial charge in [0.2, 0.25) is 5.88 Å². The summed E-state index contributed by atoms with van der Waals surface area (Å²) >= 11 is 0. The van der Waals surface area contributed by atoms with Gasteiger partial charge in [-0.3, -0.25) is 0 Å². The second-order valence-corrected chi connectivity index (χ2v) is 3.44. The number of aromatic nitrogens is 2. The SMILES string of the molecule is COc1nc(N)cc(OCCCC(O)CO)n1. The largest absolute Gasteiger partial charge is 0.477 e. The molecule has 7 heteroatoms. The molecule has 0 spiro atoms. The fourth-order valence-corrected chi connectivity index (χ4v) is 1.17. The van der Waals surface area contributed by atoms with Crippen molar-refractivity contribution in [2.75, 3.05) is 26.1 Å². The van der Waals surface area contributed by atoms with E-state index in [4.69, 9.17) is 25.4 Å². The lowest BCUT2D eigenvalue weighted by Gasteiger charge is -2.08. The predicted molar refractivity (Wildman–Crippen MR) is 60.8 cm³/mol. The Hall–Kier alpha value is -1.60. The summed E-state index contributed by atoms with van der Waals surface area (Å²) in [6.45, 7) is 0.130. The number of aliphatic hydroxyl groups is 2.